The molecule has 1 aliphatic rings. The van der Waals surface area contributed by atoms with E-state index in [0.717, 1.165) is 4.90 Å². The summed E-state index contributed by atoms with van der Waals surface area (Å²) in [5, 5.41) is 14.0. The summed E-state index contributed by atoms with van der Waals surface area (Å²) in [5.41, 5.74) is 0.0827. The minimum absolute atomic E-state index is 0.0939. The fourth-order valence-electron chi connectivity index (χ4n) is 3.27. The zero-order chi connectivity index (χ0) is 23.7. The number of ether oxygens (including phenoxy) is 1. The molecule has 0 spiro atoms. The SMILES string of the molecule is COc1ccccc1N1C(=O)/C(=C/c2ccc(-c3ccc(Cl)cc3[N+](=O)[O-])o2)C(=O)NC1=S. The number of carbonyl (C=O) groups is 2. The first kappa shape index (κ1) is 22.2. The molecule has 2 amide bonds. The molecule has 2 aromatic carbocycles. The number of anilines is 1. The van der Waals surface area contributed by atoms with Crippen LogP contribution in [0.4, 0.5) is 11.4 Å². The maximum atomic E-state index is 13.2. The molecule has 2 heterocycles. The Kier molecular flexibility index (Phi) is 5.95. The summed E-state index contributed by atoms with van der Waals surface area (Å²) < 4.78 is 11.0. The Hall–Kier alpha value is -4.02. The number of nitrogens with one attached hydrogen (secondary N) is 1. The van der Waals surface area contributed by atoms with Gasteiger partial charge in [0.05, 0.1) is 23.3 Å². The van der Waals surface area contributed by atoms with Gasteiger partial charge in [0.1, 0.15) is 22.8 Å². The first-order valence-electron chi connectivity index (χ1n) is 9.38. The lowest BCUT2D eigenvalue weighted by molar-refractivity contribution is -0.384. The predicted molar refractivity (Wildman–Crippen MR) is 125 cm³/mol. The molecule has 0 aliphatic carbocycles. The largest absolute Gasteiger partial charge is 0.495 e. The van der Waals surface area contributed by atoms with Gasteiger partial charge in [-0.3, -0.25) is 25.0 Å². The molecule has 11 heteroatoms. The fraction of sp³-hybridized carbons (Fsp3) is 0.0455. The third-order valence-electron chi connectivity index (χ3n) is 4.76. The van der Waals surface area contributed by atoms with Crippen LogP contribution in [0, 0.1) is 10.1 Å². The molecule has 0 saturated carbocycles. The zero-order valence-corrected chi connectivity index (χ0v) is 18.5. The summed E-state index contributed by atoms with van der Waals surface area (Å²) in [5.74, 6) is -0.680. The number of thiocarbonyl (C=S) groups is 1. The number of rotatable bonds is 5. The highest BCUT2D eigenvalue weighted by Crippen LogP contribution is 2.34. The number of nitro benzene ring substituents is 1. The highest BCUT2D eigenvalue weighted by molar-refractivity contribution is 7.80. The molecule has 166 valence electrons. The Morgan fingerprint density at radius 3 is 2.67 bits per heavy atom. The van der Waals surface area contributed by atoms with Crippen molar-refractivity contribution in [2.24, 2.45) is 0 Å². The number of nitro groups is 1. The van der Waals surface area contributed by atoms with E-state index in [1.807, 2.05) is 0 Å². The molecule has 1 saturated heterocycles. The second-order valence-corrected chi connectivity index (χ2v) is 7.57. The lowest BCUT2D eigenvalue weighted by Crippen LogP contribution is -2.54. The van der Waals surface area contributed by atoms with E-state index in [0.29, 0.717) is 11.4 Å². The van der Waals surface area contributed by atoms with E-state index in [-0.39, 0.29) is 38.5 Å². The Bertz CT molecular complexity index is 1350. The molecule has 1 aromatic heterocycles. The van der Waals surface area contributed by atoms with Crippen molar-refractivity contribution in [1.29, 1.82) is 0 Å². The summed E-state index contributed by atoms with van der Waals surface area (Å²) in [6.45, 7) is 0. The molecule has 4 rings (SSSR count). The number of nitrogens with zero attached hydrogens (tertiary/aromatic N) is 2. The van der Waals surface area contributed by atoms with Crippen LogP contribution >= 0.6 is 23.8 Å². The van der Waals surface area contributed by atoms with Gasteiger partial charge in [0.2, 0.25) is 0 Å². The van der Waals surface area contributed by atoms with Crippen molar-refractivity contribution in [3.8, 4) is 17.1 Å². The lowest BCUT2D eigenvalue weighted by atomic mass is 10.1. The number of halogens is 1. The van der Waals surface area contributed by atoms with Crippen LogP contribution < -0.4 is 15.0 Å². The lowest BCUT2D eigenvalue weighted by Gasteiger charge is -2.29. The van der Waals surface area contributed by atoms with E-state index >= 15 is 0 Å². The molecular weight excluding hydrogens is 470 g/mol. The van der Waals surface area contributed by atoms with Crippen LogP contribution in [0.3, 0.4) is 0 Å². The van der Waals surface area contributed by atoms with E-state index in [1.165, 1.54) is 43.5 Å². The minimum Gasteiger partial charge on any atom is -0.495 e. The number of carbonyl (C=O) groups excluding carboxylic acids is 2. The number of hydrogen-bond donors (Lipinski definition) is 1. The first-order valence-corrected chi connectivity index (χ1v) is 10.2. The van der Waals surface area contributed by atoms with Gasteiger partial charge < -0.3 is 9.15 Å². The third kappa shape index (κ3) is 4.21. The number of amides is 2. The van der Waals surface area contributed by atoms with Crippen LogP contribution in [0.1, 0.15) is 5.76 Å². The van der Waals surface area contributed by atoms with E-state index in [2.05, 4.69) is 5.32 Å². The van der Waals surface area contributed by atoms with Crippen molar-refractivity contribution >= 4 is 58.2 Å². The molecule has 0 radical (unpaired) electrons. The normalized spacial score (nSPS) is 15.0. The van der Waals surface area contributed by atoms with Gasteiger partial charge in [0.15, 0.2) is 5.11 Å². The first-order chi connectivity index (χ1) is 15.8. The van der Waals surface area contributed by atoms with Crippen molar-refractivity contribution < 1.29 is 23.7 Å². The zero-order valence-electron chi connectivity index (χ0n) is 16.9. The van der Waals surface area contributed by atoms with Crippen LogP contribution in [0.2, 0.25) is 5.02 Å². The average molecular weight is 484 g/mol. The summed E-state index contributed by atoms with van der Waals surface area (Å²) in [6.07, 6.45) is 1.24. The summed E-state index contributed by atoms with van der Waals surface area (Å²) in [6, 6.07) is 13.9. The highest BCUT2D eigenvalue weighted by atomic mass is 35.5. The minimum atomic E-state index is -0.702. The van der Waals surface area contributed by atoms with Gasteiger partial charge >= 0.3 is 0 Å². The van der Waals surface area contributed by atoms with Crippen LogP contribution in [0.5, 0.6) is 5.75 Å². The predicted octanol–water partition coefficient (Wildman–Crippen LogP) is 4.35. The topological polar surface area (TPSA) is 115 Å². The number of hydrogen-bond acceptors (Lipinski definition) is 7. The van der Waals surface area contributed by atoms with E-state index in [4.69, 9.17) is 33.0 Å². The van der Waals surface area contributed by atoms with E-state index in [9.17, 15) is 19.7 Å². The van der Waals surface area contributed by atoms with Crippen LogP contribution in [0.15, 0.2) is 64.6 Å². The second-order valence-electron chi connectivity index (χ2n) is 6.75. The van der Waals surface area contributed by atoms with Crippen LogP contribution in [-0.4, -0.2) is 29.0 Å². The Balaban J connectivity index is 1.72. The van der Waals surface area contributed by atoms with E-state index < -0.39 is 16.7 Å². The number of para-hydroxylation sites is 2. The molecule has 0 unspecified atom stereocenters. The Morgan fingerprint density at radius 1 is 1.18 bits per heavy atom. The molecule has 33 heavy (non-hydrogen) atoms. The average Bonchev–Trinajstić information content (AvgIpc) is 3.25. The Morgan fingerprint density at radius 2 is 1.94 bits per heavy atom. The van der Waals surface area contributed by atoms with Gasteiger partial charge in [-0.25, -0.2) is 4.90 Å². The fourth-order valence-corrected chi connectivity index (χ4v) is 3.71. The molecule has 9 nitrogen and oxygen atoms in total. The van der Waals surface area contributed by atoms with Crippen molar-refractivity contribution in [3.63, 3.8) is 0 Å². The van der Waals surface area contributed by atoms with Crippen molar-refractivity contribution in [2.45, 2.75) is 0 Å². The molecule has 3 aromatic rings. The monoisotopic (exact) mass is 483 g/mol. The van der Waals surface area contributed by atoms with Gasteiger partial charge in [0, 0.05) is 11.1 Å². The van der Waals surface area contributed by atoms with Gasteiger partial charge in [-0.2, -0.15) is 0 Å². The molecule has 1 fully saturated rings. The second kappa shape index (κ2) is 8.85. The summed E-state index contributed by atoms with van der Waals surface area (Å²) >= 11 is 11.1. The van der Waals surface area contributed by atoms with Crippen molar-refractivity contribution in [3.05, 3.63) is 81.1 Å². The van der Waals surface area contributed by atoms with Gasteiger partial charge in [-0.05, 0) is 54.7 Å². The number of benzene rings is 2. The molecular formula is C22H14ClN3O6S. The molecule has 1 aliphatic heterocycles. The molecule has 0 atom stereocenters. The quantitative estimate of drug-likeness (QED) is 0.188. The maximum Gasteiger partial charge on any atom is 0.281 e. The standard InChI is InChI=1S/C22H14ClN3O6S/c1-31-19-5-3-2-4-16(19)25-21(28)15(20(27)24-22(25)33)11-13-7-9-18(32-13)14-8-6-12(23)10-17(14)26(29)30/h2-11H,1H3,(H,24,27,33)/b15-11+. The number of methoxy groups -OCH3 is 1. The molecule has 0 bridgehead atoms. The smallest absolute Gasteiger partial charge is 0.281 e. The highest BCUT2D eigenvalue weighted by Gasteiger charge is 2.36. The third-order valence-corrected chi connectivity index (χ3v) is 5.28. The van der Waals surface area contributed by atoms with Crippen LogP contribution in [-0.2, 0) is 9.59 Å². The van der Waals surface area contributed by atoms with Gasteiger partial charge in [-0.1, -0.05) is 23.7 Å². The van der Waals surface area contributed by atoms with Crippen molar-refractivity contribution in [2.75, 3.05) is 12.0 Å². The summed E-state index contributed by atoms with van der Waals surface area (Å²) in [7, 11) is 1.45. The van der Waals surface area contributed by atoms with Gasteiger partial charge in [0.25, 0.3) is 17.5 Å². The number of furan rings is 1. The summed E-state index contributed by atoms with van der Waals surface area (Å²) in [4.78, 5) is 37.7. The van der Waals surface area contributed by atoms with Crippen LogP contribution in [0.25, 0.3) is 17.4 Å². The Labute approximate surface area is 197 Å². The maximum absolute atomic E-state index is 13.2. The van der Waals surface area contributed by atoms with Gasteiger partial charge in [-0.15, -0.1) is 0 Å². The van der Waals surface area contributed by atoms with E-state index in [1.54, 1.807) is 24.3 Å². The molecule has 1 N–H and O–H groups in total. The van der Waals surface area contributed by atoms with Crippen molar-refractivity contribution in [1.82, 2.24) is 5.32 Å².